The highest BCUT2D eigenvalue weighted by molar-refractivity contribution is 7.20. The number of aryl methyl sites for hydroxylation is 3. The van der Waals surface area contributed by atoms with Crippen molar-refractivity contribution in [3.8, 4) is 0 Å². The van der Waals surface area contributed by atoms with Gasteiger partial charge in [0.2, 0.25) is 0 Å². The van der Waals surface area contributed by atoms with Gasteiger partial charge in [-0.3, -0.25) is 19.7 Å². The number of hydrogen-bond donors (Lipinski definition) is 2. The van der Waals surface area contributed by atoms with Crippen LogP contribution in [0.1, 0.15) is 31.5 Å². The Morgan fingerprint density at radius 3 is 2.74 bits per heavy atom. The number of nitrogens with zero attached hydrogens (tertiary/aromatic N) is 2. The minimum absolute atomic E-state index is 0.190. The summed E-state index contributed by atoms with van der Waals surface area (Å²) in [6.45, 7) is 2.63. The second-order valence-electron chi connectivity index (χ2n) is 5.85. The molecule has 0 spiro atoms. The molecule has 0 atom stereocenters. The van der Waals surface area contributed by atoms with E-state index < -0.39 is 24.4 Å². The van der Waals surface area contributed by atoms with Crippen molar-refractivity contribution in [3.63, 3.8) is 0 Å². The van der Waals surface area contributed by atoms with Crippen LogP contribution in [0, 0.1) is 13.8 Å². The molecule has 0 saturated carbocycles. The van der Waals surface area contributed by atoms with Crippen LogP contribution in [0.2, 0.25) is 0 Å². The fourth-order valence-electron chi connectivity index (χ4n) is 2.57. The van der Waals surface area contributed by atoms with E-state index in [1.165, 1.54) is 0 Å². The predicted molar refractivity (Wildman–Crippen MR) is 97.9 cm³/mol. The molecule has 2 amide bonds. The lowest BCUT2D eigenvalue weighted by Gasteiger charge is -2.06. The molecule has 0 saturated heterocycles. The first-order chi connectivity index (χ1) is 12.8. The van der Waals surface area contributed by atoms with E-state index in [9.17, 15) is 19.2 Å². The van der Waals surface area contributed by atoms with E-state index in [0.29, 0.717) is 27.3 Å². The van der Waals surface area contributed by atoms with Gasteiger partial charge in [0.25, 0.3) is 17.4 Å². The average Bonchev–Trinajstić information content (AvgIpc) is 3.16. The Morgan fingerprint density at radius 1 is 1.33 bits per heavy atom. The summed E-state index contributed by atoms with van der Waals surface area (Å²) in [6.07, 6.45) is 1.67. The summed E-state index contributed by atoms with van der Waals surface area (Å²) in [5.41, 5.74) is 0.404. The topological polar surface area (TPSA) is 123 Å². The lowest BCUT2D eigenvalue weighted by Crippen LogP contribution is -2.35. The third-order valence-electron chi connectivity index (χ3n) is 3.87. The summed E-state index contributed by atoms with van der Waals surface area (Å²) < 4.78 is 6.54. The quantitative estimate of drug-likeness (QED) is 0.644. The number of aromatic nitrogens is 3. The van der Waals surface area contributed by atoms with Gasteiger partial charge in [0.15, 0.2) is 6.61 Å². The Hall–Kier alpha value is -3.27. The number of aromatic amines is 1. The van der Waals surface area contributed by atoms with Gasteiger partial charge in [0, 0.05) is 13.2 Å². The van der Waals surface area contributed by atoms with Crippen molar-refractivity contribution >= 4 is 39.3 Å². The number of rotatable bonds is 4. The molecule has 3 aromatic rings. The predicted octanol–water partition coefficient (Wildman–Crippen LogP) is 1.05. The zero-order valence-corrected chi connectivity index (χ0v) is 15.6. The van der Waals surface area contributed by atoms with Gasteiger partial charge in [0.05, 0.1) is 5.39 Å². The van der Waals surface area contributed by atoms with Crippen molar-refractivity contribution in [2.45, 2.75) is 13.8 Å². The van der Waals surface area contributed by atoms with E-state index in [2.05, 4.69) is 15.3 Å². The Bertz CT molecular complexity index is 1120. The highest BCUT2D eigenvalue weighted by Crippen LogP contribution is 2.27. The maximum absolute atomic E-state index is 12.3. The number of thiophene rings is 1. The Kier molecular flexibility index (Phi) is 4.91. The summed E-state index contributed by atoms with van der Waals surface area (Å²) in [5.74, 6) is -1.66. The molecule has 9 nitrogen and oxygen atoms in total. The zero-order valence-electron chi connectivity index (χ0n) is 14.8. The fourth-order valence-corrected chi connectivity index (χ4v) is 3.69. The van der Waals surface area contributed by atoms with Gasteiger partial charge in [0.1, 0.15) is 21.2 Å². The molecule has 0 aromatic carbocycles. The Balaban J connectivity index is 1.68. The Morgan fingerprint density at radius 2 is 2.07 bits per heavy atom. The number of hydrogen-bond acceptors (Lipinski definition) is 7. The molecular weight excluding hydrogens is 372 g/mol. The molecular formula is C17H16N4O5S. The zero-order chi connectivity index (χ0) is 19.7. The number of amides is 2. The first-order valence-electron chi connectivity index (χ1n) is 7.90. The standard InChI is InChI=1S/C17H16N4O5S/c1-8-12-15(24)18-9(2)19-16(12)27-13(8)17(25)26-7-11(22)20-14(23)10-5-4-6-21(10)3/h4-6H,7H2,1-3H3,(H,18,19,24)(H,20,22,23). The van der Waals surface area contributed by atoms with Crippen molar-refractivity contribution in [2.24, 2.45) is 7.05 Å². The van der Waals surface area contributed by atoms with E-state index in [1.54, 1.807) is 43.8 Å². The number of carbonyl (C=O) groups is 3. The highest BCUT2D eigenvalue weighted by atomic mass is 32.1. The third-order valence-corrected chi connectivity index (χ3v) is 5.03. The number of imide groups is 1. The van der Waals surface area contributed by atoms with Crippen molar-refractivity contribution < 1.29 is 19.1 Å². The van der Waals surface area contributed by atoms with E-state index in [0.717, 1.165) is 11.3 Å². The molecule has 0 radical (unpaired) electrons. The molecule has 140 valence electrons. The summed E-state index contributed by atoms with van der Waals surface area (Å²) in [4.78, 5) is 55.5. The van der Waals surface area contributed by atoms with Crippen LogP contribution in [0.15, 0.2) is 23.1 Å². The Labute approximate surface area is 157 Å². The molecule has 0 aliphatic carbocycles. The maximum Gasteiger partial charge on any atom is 0.349 e. The molecule has 2 N–H and O–H groups in total. The van der Waals surface area contributed by atoms with Gasteiger partial charge < -0.3 is 14.3 Å². The van der Waals surface area contributed by atoms with Gasteiger partial charge in [-0.25, -0.2) is 9.78 Å². The molecule has 0 aliphatic heterocycles. The number of ether oxygens (including phenoxy) is 1. The molecule has 3 aromatic heterocycles. The lowest BCUT2D eigenvalue weighted by molar-refractivity contribution is -0.123. The smallest absolute Gasteiger partial charge is 0.349 e. The van der Waals surface area contributed by atoms with E-state index >= 15 is 0 Å². The van der Waals surface area contributed by atoms with Gasteiger partial charge in [-0.2, -0.15) is 0 Å². The van der Waals surface area contributed by atoms with Crippen molar-refractivity contribution in [1.82, 2.24) is 19.9 Å². The molecule has 0 bridgehead atoms. The van der Waals surface area contributed by atoms with E-state index in [1.807, 2.05) is 0 Å². The third kappa shape index (κ3) is 3.65. The van der Waals surface area contributed by atoms with Crippen molar-refractivity contribution in [1.29, 1.82) is 0 Å². The number of carbonyl (C=O) groups excluding carboxylic acids is 3. The minimum Gasteiger partial charge on any atom is -0.451 e. The second-order valence-corrected chi connectivity index (χ2v) is 6.84. The van der Waals surface area contributed by atoms with Gasteiger partial charge in [-0.05, 0) is 31.5 Å². The van der Waals surface area contributed by atoms with Crippen LogP contribution >= 0.6 is 11.3 Å². The van der Waals surface area contributed by atoms with Crippen LogP contribution in [-0.4, -0.2) is 38.9 Å². The minimum atomic E-state index is -0.756. The average molecular weight is 388 g/mol. The fraction of sp³-hybridized carbons (Fsp3) is 0.235. The SMILES string of the molecule is Cc1nc2sc(C(=O)OCC(=O)NC(=O)c3cccn3C)c(C)c2c(=O)[nH]1. The van der Waals surface area contributed by atoms with Crippen LogP contribution in [0.3, 0.4) is 0 Å². The van der Waals surface area contributed by atoms with E-state index in [4.69, 9.17) is 4.74 Å². The normalized spacial score (nSPS) is 10.8. The van der Waals surface area contributed by atoms with Crippen LogP contribution in [0.5, 0.6) is 0 Å². The van der Waals surface area contributed by atoms with E-state index in [-0.39, 0.29) is 10.4 Å². The first-order valence-corrected chi connectivity index (χ1v) is 8.72. The number of nitrogens with one attached hydrogen (secondary N) is 2. The first kappa shape index (κ1) is 18.5. The summed E-state index contributed by atoms with van der Waals surface area (Å²) in [5, 5.41) is 2.47. The van der Waals surface area contributed by atoms with Crippen molar-refractivity contribution in [2.75, 3.05) is 6.61 Å². The van der Waals surface area contributed by atoms with Crippen LogP contribution in [-0.2, 0) is 16.6 Å². The van der Waals surface area contributed by atoms with Crippen LogP contribution in [0.4, 0.5) is 0 Å². The molecule has 3 rings (SSSR count). The second kappa shape index (κ2) is 7.16. The van der Waals surface area contributed by atoms with Crippen molar-refractivity contribution in [3.05, 3.63) is 50.6 Å². The summed E-state index contributed by atoms with van der Waals surface area (Å²) in [7, 11) is 1.67. The molecule has 0 unspecified atom stereocenters. The molecule has 10 heteroatoms. The molecule has 0 fully saturated rings. The van der Waals surface area contributed by atoms with Gasteiger partial charge in [-0.1, -0.05) is 0 Å². The largest absolute Gasteiger partial charge is 0.451 e. The molecule has 27 heavy (non-hydrogen) atoms. The number of H-pyrrole nitrogens is 1. The van der Waals surface area contributed by atoms with Gasteiger partial charge >= 0.3 is 5.97 Å². The van der Waals surface area contributed by atoms with Gasteiger partial charge in [-0.15, -0.1) is 11.3 Å². The number of fused-ring (bicyclic) bond motifs is 1. The molecule has 0 aliphatic rings. The maximum atomic E-state index is 12.3. The summed E-state index contributed by atoms with van der Waals surface area (Å²) in [6, 6.07) is 3.23. The number of esters is 1. The monoisotopic (exact) mass is 388 g/mol. The van der Waals surface area contributed by atoms with Crippen LogP contribution < -0.4 is 10.9 Å². The molecule has 3 heterocycles. The highest BCUT2D eigenvalue weighted by Gasteiger charge is 2.21. The summed E-state index contributed by atoms with van der Waals surface area (Å²) >= 11 is 1.02. The van der Waals surface area contributed by atoms with Crippen LogP contribution in [0.25, 0.3) is 10.2 Å². The lowest BCUT2D eigenvalue weighted by atomic mass is 10.2.